The fourth-order valence-corrected chi connectivity index (χ4v) is 2.62. The van der Waals surface area contributed by atoms with Crippen molar-refractivity contribution in [3.8, 4) is 0 Å². The molecule has 2 aromatic heterocycles. The van der Waals surface area contributed by atoms with E-state index in [9.17, 15) is 14.7 Å². The third-order valence-corrected chi connectivity index (χ3v) is 3.87. The summed E-state index contributed by atoms with van der Waals surface area (Å²) in [7, 11) is 3.54. The summed E-state index contributed by atoms with van der Waals surface area (Å²) >= 11 is 0. The van der Waals surface area contributed by atoms with Crippen molar-refractivity contribution < 1.29 is 9.90 Å². The van der Waals surface area contributed by atoms with E-state index in [1.165, 1.54) is 10.6 Å². The van der Waals surface area contributed by atoms with Crippen LogP contribution in [0.5, 0.6) is 0 Å². The lowest BCUT2D eigenvalue weighted by atomic mass is 10.1. The van der Waals surface area contributed by atoms with Gasteiger partial charge in [0.2, 0.25) is 0 Å². The molecule has 0 fully saturated rings. The van der Waals surface area contributed by atoms with Crippen molar-refractivity contribution in [3.63, 3.8) is 0 Å². The number of carboxylic acids is 1. The van der Waals surface area contributed by atoms with Crippen molar-refractivity contribution in [2.24, 2.45) is 4.99 Å². The van der Waals surface area contributed by atoms with E-state index < -0.39 is 12.0 Å². The Morgan fingerprint density at radius 1 is 1.19 bits per heavy atom. The summed E-state index contributed by atoms with van der Waals surface area (Å²) in [5, 5.41) is 9.50. The van der Waals surface area contributed by atoms with E-state index in [-0.39, 0.29) is 11.1 Å². The van der Waals surface area contributed by atoms with Crippen LogP contribution in [0.3, 0.4) is 0 Å². The van der Waals surface area contributed by atoms with Crippen LogP contribution in [0.15, 0.2) is 64.5 Å². The molecule has 1 aromatic carbocycles. The number of fused-ring (bicyclic) bond motifs is 1. The number of hydrogen-bond donors (Lipinski definition) is 1. The van der Waals surface area contributed by atoms with Gasteiger partial charge in [0, 0.05) is 26.5 Å². The molecule has 0 aliphatic rings. The highest BCUT2D eigenvalue weighted by Gasteiger charge is 2.19. The predicted octanol–water partition coefficient (Wildman–Crippen LogP) is 2.01. The molecule has 0 spiro atoms. The van der Waals surface area contributed by atoms with Gasteiger partial charge in [0.1, 0.15) is 17.0 Å². The van der Waals surface area contributed by atoms with E-state index >= 15 is 0 Å². The maximum absolute atomic E-state index is 12.8. The summed E-state index contributed by atoms with van der Waals surface area (Å²) in [6, 6.07) is 12.8. The second-order valence-electron chi connectivity index (χ2n) is 5.91. The summed E-state index contributed by atoms with van der Waals surface area (Å²) in [4.78, 5) is 34.8. The second kappa shape index (κ2) is 7.18. The highest BCUT2D eigenvalue weighted by Crippen LogP contribution is 2.18. The molecule has 0 aliphatic heterocycles. The van der Waals surface area contributed by atoms with E-state index in [0.717, 1.165) is 0 Å². The molecule has 7 heteroatoms. The number of benzene rings is 1. The van der Waals surface area contributed by atoms with E-state index in [2.05, 4.69) is 9.98 Å². The number of carboxylic acid groups (broad SMARTS) is 1. The van der Waals surface area contributed by atoms with E-state index in [1.54, 1.807) is 73.7 Å². The summed E-state index contributed by atoms with van der Waals surface area (Å²) in [6.45, 7) is 0. The van der Waals surface area contributed by atoms with Gasteiger partial charge in [-0.25, -0.2) is 9.78 Å². The highest BCUT2D eigenvalue weighted by molar-refractivity contribution is 5.89. The van der Waals surface area contributed by atoms with Crippen LogP contribution in [-0.4, -0.2) is 40.8 Å². The zero-order valence-electron chi connectivity index (χ0n) is 14.4. The molecule has 26 heavy (non-hydrogen) atoms. The average Bonchev–Trinajstić information content (AvgIpc) is 2.64. The lowest BCUT2D eigenvalue weighted by molar-refractivity contribution is -0.138. The number of rotatable bonds is 5. The normalized spacial score (nSPS) is 12.4. The van der Waals surface area contributed by atoms with Gasteiger partial charge in [0.05, 0.1) is 0 Å². The summed E-state index contributed by atoms with van der Waals surface area (Å²) < 4.78 is 1.41. The van der Waals surface area contributed by atoms with Crippen molar-refractivity contribution in [2.45, 2.75) is 6.04 Å². The molecule has 0 bridgehead atoms. The minimum Gasteiger partial charge on any atom is -0.479 e. The van der Waals surface area contributed by atoms with Crippen LogP contribution in [0.4, 0.5) is 5.82 Å². The van der Waals surface area contributed by atoms with Gasteiger partial charge < -0.3 is 10.0 Å². The van der Waals surface area contributed by atoms with Crippen LogP contribution in [0.1, 0.15) is 17.2 Å². The molecule has 2 heterocycles. The number of hydrogen-bond acceptors (Lipinski definition) is 5. The van der Waals surface area contributed by atoms with E-state index in [0.29, 0.717) is 17.0 Å². The first-order chi connectivity index (χ1) is 12.5. The van der Waals surface area contributed by atoms with E-state index in [4.69, 9.17) is 0 Å². The number of anilines is 1. The van der Waals surface area contributed by atoms with Crippen LogP contribution in [0.2, 0.25) is 0 Å². The molecule has 0 amide bonds. The van der Waals surface area contributed by atoms with Crippen molar-refractivity contribution in [3.05, 3.63) is 76.2 Å². The summed E-state index contributed by atoms with van der Waals surface area (Å²) in [6.07, 6.45) is 2.92. The Bertz CT molecular complexity index is 1030. The molecular weight excluding hydrogens is 332 g/mol. The zero-order valence-corrected chi connectivity index (χ0v) is 14.4. The van der Waals surface area contributed by atoms with Gasteiger partial charge >= 0.3 is 5.97 Å². The third kappa shape index (κ3) is 3.32. The first kappa shape index (κ1) is 17.3. The quantitative estimate of drug-likeness (QED) is 0.711. The lowest BCUT2D eigenvalue weighted by Crippen LogP contribution is -2.25. The largest absolute Gasteiger partial charge is 0.479 e. The Morgan fingerprint density at radius 3 is 2.54 bits per heavy atom. The SMILES string of the molecule is CN(C)c1nc2ccccn2c(=O)c1C=N[C@@H](C(=O)O)c1ccccc1. The van der Waals surface area contributed by atoms with Gasteiger partial charge in [-0.3, -0.25) is 14.2 Å². The lowest BCUT2D eigenvalue weighted by Gasteiger charge is -2.15. The van der Waals surface area contributed by atoms with Gasteiger partial charge in [-0.05, 0) is 17.7 Å². The van der Waals surface area contributed by atoms with Crippen molar-refractivity contribution in [1.82, 2.24) is 9.38 Å². The molecule has 0 saturated carbocycles. The molecule has 0 unspecified atom stereocenters. The highest BCUT2D eigenvalue weighted by atomic mass is 16.4. The van der Waals surface area contributed by atoms with Crippen LogP contribution < -0.4 is 10.5 Å². The molecular formula is C19H18N4O3. The molecule has 3 rings (SSSR count). The molecule has 1 atom stereocenters. The van der Waals surface area contributed by atoms with Gasteiger partial charge in [-0.15, -0.1) is 0 Å². The van der Waals surface area contributed by atoms with Gasteiger partial charge in [0.15, 0.2) is 6.04 Å². The predicted molar refractivity (Wildman–Crippen MR) is 100 cm³/mol. The van der Waals surface area contributed by atoms with Gasteiger partial charge in [-0.1, -0.05) is 36.4 Å². The van der Waals surface area contributed by atoms with Gasteiger partial charge in [0.25, 0.3) is 5.56 Å². The Balaban J connectivity index is 2.13. The Morgan fingerprint density at radius 2 is 1.88 bits per heavy atom. The fraction of sp³-hybridized carbons (Fsp3) is 0.158. The van der Waals surface area contributed by atoms with Crippen LogP contribution in [-0.2, 0) is 4.79 Å². The van der Waals surface area contributed by atoms with Crippen LogP contribution >= 0.6 is 0 Å². The minimum absolute atomic E-state index is 0.237. The summed E-state index contributed by atoms with van der Waals surface area (Å²) in [5.41, 5.74) is 0.980. The number of aliphatic carboxylic acids is 1. The maximum atomic E-state index is 12.8. The first-order valence-electron chi connectivity index (χ1n) is 7.98. The number of nitrogens with zero attached hydrogens (tertiary/aromatic N) is 4. The third-order valence-electron chi connectivity index (χ3n) is 3.87. The molecule has 1 N–H and O–H groups in total. The average molecular weight is 350 g/mol. The fourth-order valence-electron chi connectivity index (χ4n) is 2.62. The van der Waals surface area contributed by atoms with Crippen molar-refractivity contribution >= 4 is 23.6 Å². The Kier molecular flexibility index (Phi) is 4.79. The molecule has 3 aromatic rings. The summed E-state index contributed by atoms with van der Waals surface area (Å²) in [5.74, 6) is -0.658. The minimum atomic E-state index is -1.10. The molecule has 7 nitrogen and oxygen atoms in total. The monoisotopic (exact) mass is 350 g/mol. The Hall–Kier alpha value is -3.48. The van der Waals surface area contributed by atoms with Crippen LogP contribution in [0.25, 0.3) is 5.65 Å². The number of aliphatic imine (C=N–C) groups is 1. The molecule has 132 valence electrons. The number of pyridine rings is 1. The smallest absolute Gasteiger partial charge is 0.333 e. The molecule has 0 radical (unpaired) electrons. The van der Waals surface area contributed by atoms with Crippen molar-refractivity contribution in [1.29, 1.82) is 0 Å². The first-order valence-corrected chi connectivity index (χ1v) is 7.98. The Labute approximate surface area is 149 Å². The molecule has 0 aliphatic carbocycles. The molecule has 0 saturated heterocycles. The second-order valence-corrected chi connectivity index (χ2v) is 5.91. The van der Waals surface area contributed by atoms with Gasteiger partial charge in [-0.2, -0.15) is 0 Å². The topological polar surface area (TPSA) is 87.3 Å². The van der Waals surface area contributed by atoms with E-state index in [1.807, 2.05) is 0 Å². The number of aromatic nitrogens is 2. The number of carbonyl (C=O) groups is 1. The van der Waals surface area contributed by atoms with Crippen molar-refractivity contribution in [2.75, 3.05) is 19.0 Å². The standard InChI is InChI=1S/C19H18N4O3/c1-22(2)17-14(18(24)23-11-7-6-10-15(23)21-17)12-20-16(19(25)26)13-8-4-3-5-9-13/h3-12,16H,1-2H3,(H,25,26)/t16-/m1/s1. The zero-order chi connectivity index (χ0) is 18.7. The maximum Gasteiger partial charge on any atom is 0.333 e. The van der Waals surface area contributed by atoms with Crippen LogP contribution in [0, 0.1) is 0 Å².